The van der Waals surface area contributed by atoms with Gasteiger partial charge in [-0.25, -0.2) is 4.57 Å². The molecule has 0 rings (SSSR count). The third-order valence-electron chi connectivity index (χ3n) is 9.36. The van der Waals surface area contributed by atoms with Gasteiger partial charge in [-0.3, -0.25) is 23.4 Å². The zero-order chi connectivity index (χ0) is 41.4. The molecule has 0 heterocycles. The van der Waals surface area contributed by atoms with E-state index in [0.717, 1.165) is 44.9 Å². The summed E-state index contributed by atoms with van der Waals surface area (Å²) in [5.41, 5.74) is 5.33. The minimum atomic E-state index is -4.72. The first-order chi connectivity index (χ1) is 27.1. The van der Waals surface area contributed by atoms with Crippen LogP contribution in [0.15, 0.2) is 36.5 Å². The van der Waals surface area contributed by atoms with Crippen LogP contribution in [0.3, 0.4) is 0 Å². The molecule has 0 aromatic rings. The molecule has 0 bridgehead atoms. The number of esters is 2. The van der Waals surface area contributed by atoms with Crippen LogP contribution in [0.4, 0.5) is 0 Å². The average molecular weight is 814 g/mol. The number of carboxylic acid groups (broad SMARTS) is 1. The van der Waals surface area contributed by atoms with Crippen LogP contribution in [0.5, 0.6) is 0 Å². The van der Waals surface area contributed by atoms with E-state index in [4.69, 9.17) is 24.8 Å². The molecule has 326 valence electrons. The summed E-state index contributed by atoms with van der Waals surface area (Å²) in [5, 5.41) is 8.89. The summed E-state index contributed by atoms with van der Waals surface area (Å²) in [7, 11) is -4.72. The van der Waals surface area contributed by atoms with E-state index in [9.17, 15) is 23.8 Å². The molecule has 0 saturated heterocycles. The number of aliphatic carboxylic acids is 1. The molecule has 1 unspecified atom stereocenters. The lowest BCUT2D eigenvalue weighted by Gasteiger charge is -2.20. The van der Waals surface area contributed by atoms with E-state index in [1.54, 1.807) is 0 Å². The van der Waals surface area contributed by atoms with Gasteiger partial charge in [0.25, 0.3) is 0 Å². The standard InChI is InChI=1S/C44H80NO10P/c1-3-5-7-9-11-13-15-17-19-20-22-24-26-28-30-32-34-36-43(47)55-40(38-53-56(50,51)54-39-41(45)44(48)49)37-52-42(46)35-33-31-29-27-25-23-21-18-16-14-12-10-8-6-4-2/h13,15,18,21,25,27,40-41H,3-12,14,16-17,19-20,22-24,26,28-39,45H2,1-2H3,(H,48,49)(H,50,51)/b15-13+,21-18+,27-25+/t40-,41+/m1/s1. The Morgan fingerprint density at radius 1 is 0.554 bits per heavy atom. The number of hydrogen-bond acceptors (Lipinski definition) is 9. The Labute approximate surface area is 340 Å². The van der Waals surface area contributed by atoms with Crippen molar-refractivity contribution in [3.8, 4) is 0 Å². The first-order valence-corrected chi connectivity index (χ1v) is 23.5. The monoisotopic (exact) mass is 814 g/mol. The van der Waals surface area contributed by atoms with Gasteiger partial charge in [-0.15, -0.1) is 0 Å². The van der Waals surface area contributed by atoms with Crippen molar-refractivity contribution in [2.24, 2.45) is 5.73 Å². The summed E-state index contributed by atoms with van der Waals surface area (Å²) in [6, 6.07) is -1.53. The molecule has 0 aromatic carbocycles. The number of ether oxygens (including phenoxy) is 2. The van der Waals surface area contributed by atoms with Crippen molar-refractivity contribution in [1.82, 2.24) is 0 Å². The van der Waals surface area contributed by atoms with E-state index < -0.39 is 51.1 Å². The van der Waals surface area contributed by atoms with Crippen LogP contribution in [-0.2, 0) is 37.5 Å². The number of nitrogens with two attached hydrogens (primary N) is 1. The van der Waals surface area contributed by atoms with Crippen LogP contribution in [0.1, 0.15) is 194 Å². The second-order valence-corrected chi connectivity index (χ2v) is 16.3. The van der Waals surface area contributed by atoms with E-state index in [-0.39, 0.29) is 19.4 Å². The number of carbonyl (C=O) groups is 3. The van der Waals surface area contributed by atoms with Crippen molar-refractivity contribution in [2.45, 2.75) is 206 Å². The predicted molar refractivity (Wildman–Crippen MR) is 226 cm³/mol. The van der Waals surface area contributed by atoms with E-state index >= 15 is 0 Å². The lowest BCUT2D eigenvalue weighted by molar-refractivity contribution is -0.161. The van der Waals surface area contributed by atoms with Gasteiger partial charge in [0.2, 0.25) is 0 Å². The fourth-order valence-electron chi connectivity index (χ4n) is 5.85. The van der Waals surface area contributed by atoms with Crippen LogP contribution < -0.4 is 5.73 Å². The van der Waals surface area contributed by atoms with E-state index in [1.165, 1.54) is 109 Å². The molecule has 0 radical (unpaired) electrons. The number of carbonyl (C=O) groups excluding carboxylic acids is 2. The quantitative estimate of drug-likeness (QED) is 0.0232. The Kier molecular flexibility index (Phi) is 37.9. The number of carboxylic acids is 1. The Bertz CT molecular complexity index is 1100. The highest BCUT2D eigenvalue weighted by molar-refractivity contribution is 7.47. The van der Waals surface area contributed by atoms with Gasteiger partial charge in [0.05, 0.1) is 13.2 Å². The Morgan fingerprint density at radius 3 is 1.46 bits per heavy atom. The topological polar surface area (TPSA) is 172 Å². The molecule has 0 spiro atoms. The molecule has 0 fully saturated rings. The molecular weight excluding hydrogens is 733 g/mol. The van der Waals surface area contributed by atoms with Gasteiger partial charge >= 0.3 is 25.7 Å². The normalized spacial score (nSPS) is 14.1. The Balaban J connectivity index is 4.40. The van der Waals surface area contributed by atoms with Gasteiger partial charge < -0.3 is 25.2 Å². The van der Waals surface area contributed by atoms with Crippen LogP contribution in [0.2, 0.25) is 0 Å². The zero-order valence-electron chi connectivity index (χ0n) is 35.2. The van der Waals surface area contributed by atoms with Crippen molar-refractivity contribution >= 4 is 25.7 Å². The maximum absolute atomic E-state index is 12.6. The maximum atomic E-state index is 12.6. The van der Waals surface area contributed by atoms with Crippen LogP contribution in [-0.4, -0.2) is 59.9 Å². The third-order valence-corrected chi connectivity index (χ3v) is 10.3. The molecule has 0 aliphatic heterocycles. The smallest absolute Gasteiger partial charge is 0.472 e. The Morgan fingerprint density at radius 2 is 0.946 bits per heavy atom. The van der Waals surface area contributed by atoms with Crippen LogP contribution in [0.25, 0.3) is 0 Å². The summed E-state index contributed by atoms with van der Waals surface area (Å²) in [6.45, 7) is 2.75. The molecule has 0 saturated carbocycles. The highest BCUT2D eigenvalue weighted by Crippen LogP contribution is 2.43. The molecule has 3 atom stereocenters. The highest BCUT2D eigenvalue weighted by atomic mass is 31.2. The summed E-state index contributed by atoms with van der Waals surface area (Å²) in [5.74, 6) is -2.42. The molecule has 0 aliphatic carbocycles. The van der Waals surface area contributed by atoms with Crippen LogP contribution >= 0.6 is 7.82 Å². The molecule has 0 amide bonds. The van der Waals surface area contributed by atoms with Crippen molar-refractivity contribution < 1.29 is 47.5 Å². The third kappa shape index (κ3) is 38.6. The van der Waals surface area contributed by atoms with Crippen molar-refractivity contribution in [3.63, 3.8) is 0 Å². The molecule has 4 N–H and O–H groups in total. The van der Waals surface area contributed by atoms with Gasteiger partial charge in [-0.2, -0.15) is 0 Å². The SMILES string of the molecule is CCCCCC/C=C/CCCCCCCCCCCC(=O)O[C@H](COC(=O)CCCC/C=C/C/C=C/CCCCCCCC)COP(=O)(O)OC[C@H](N)C(=O)O. The first kappa shape index (κ1) is 53.7. The lowest BCUT2D eigenvalue weighted by Crippen LogP contribution is -2.34. The fraction of sp³-hybridized carbons (Fsp3) is 0.795. The number of phosphoric ester groups is 1. The van der Waals surface area contributed by atoms with Gasteiger partial charge in [-0.1, -0.05) is 147 Å². The number of unbranched alkanes of at least 4 members (excludes halogenated alkanes) is 21. The molecular formula is C44H80NO10P. The molecule has 12 heteroatoms. The van der Waals surface area contributed by atoms with E-state index in [2.05, 4.69) is 54.8 Å². The summed E-state index contributed by atoms with van der Waals surface area (Å²) in [4.78, 5) is 45.9. The molecule has 11 nitrogen and oxygen atoms in total. The van der Waals surface area contributed by atoms with Crippen molar-refractivity contribution in [3.05, 3.63) is 36.5 Å². The highest BCUT2D eigenvalue weighted by Gasteiger charge is 2.28. The second kappa shape index (κ2) is 39.5. The summed E-state index contributed by atoms with van der Waals surface area (Å²) in [6.07, 6.45) is 42.1. The molecule has 0 aliphatic rings. The van der Waals surface area contributed by atoms with E-state index in [1.807, 2.05) is 0 Å². The molecule has 56 heavy (non-hydrogen) atoms. The predicted octanol–water partition coefficient (Wildman–Crippen LogP) is 11.6. The largest absolute Gasteiger partial charge is 0.480 e. The second-order valence-electron chi connectivity index (χ2n) is 14.8. The van der Waals surface area contributed by atoms with Gasteiger partial charge in [-0.05, 0) is 70.6 Å². The Hall–Kier alpha value is -2.30. The molecule has 0 aromatic heterocycles. The zero-order valence-corrected chi connectivity index (χ0v) is 36.1. The summed E-state index contributed by atoms with van der Waals surface area (Å²) < 4.78 is 32.7. The van der Waals surface area contributed by atoms with Crippen LogP contribution in [0, 0.1) is 0 Å². The summed E-state index contributed by atoms with van der Waals surface area (Å²) >= 11 is 0. The number of phosphoric acid groups is 1. The average Bonchev–Trinajstić information content (AvgIpc) is 3.17. The number of allylic oxidation sites excluding steroid dienone is 6. The van der Waals surface area contributed by atoms with Crippen molar-refractivity contribution in [2.75, 3.05) is 19.8 Å². The fourth-order valence-corrected chi connectivity index (χ4v) is 6.63. The number of rotatable bonds is 41. The van der Waals surface area contributed by atoms with Crippen molar-refractivity contribution in [1.29, 1.82) is 0 Å². The van der Waals surface area contributed by atoms with Gasteiger partial charge in [0.15, 0.2) is 6.10 Å². The minimum absolute atomic E-state index is 0.153. The van der Waals surface area contributed by atoms with Gasteiger partial charge in [0.1, 0.15) is 12.6 Å². The number of hydrogen-bond donors (Lipinski definition) is 3. The minimum Gasteiger partial charge on any atom is -0.480 e. The van der Waals surface area contributed by atoms with Gasteiger partial charge in [0, 0.05) is 12.8 Å². The van der Waals surface area contributed by atoms with E-state index in [0.29, 0.717) is 12.8 Å². The first-order valence-electron chi connectivity index (χ1n) is 22.0. The maximum Gasteiger partial charge on any atom is 0.472 e. The lowest BCUT2D eigenvalue weighted by atomic mass is 10.1.